The lowest BCUT2D eigenvalue weighted by Gasteiger charge is -2.16. The van der Waals surface area contributed by atoms with Crippen LogP contribution in [0.25, 0.3) is 21.8 Å². The molecule has 1 aliphatic carbocycles. The van der Waals surface area contributed by atoms with Crippen LogP contribution < -0.4 is 29.6 Å². The van der Waals surface area contributed by atoms with Crippen molar-refractivity contribution in [2.45, 2.75) is 51.2 Å². The Labute approximate surface area is 307 Å². The molecule has 3 aromatic heterocycles. The summed E-state index contributed by atoms with van der Waals surface area (Å²) in [7, 11) is 6.67. The van der Waals surface area contributed by atoms with Crippen molar-refractivity contribution in [3.05, 3.63) is 106 Å². The molecule has 9 nitrogen and oxygen atoms in total. The van der Waals surface area contributed by atoms with Gasteiger partial charge in [-0.15, -0.1) is 0 Å². The van der Waals surface area contributed by atoms with Gasteiger partial charge in [-0.2, -0.15) is 0 Å². The number of rotatable bonds is 14. The lowest BCUT2D eigenvalue weighted by molar-refractivity contribution is 0.391. The number of halogens is 1. The lowest BCUT2D eigenvalue weighted by Crippen LogP contribution is -2.06. The zero-order valence-corrected chi connectivity index (χ0v) is 31.1. The van der Waals surface area contributed by atoms with E-state index >= 15 is 0 Å². The second-order valence-electron chi connectivity index (χ2n) is 13.1. The van der Waals surface area contributed by atoms with E-state index in [-0.39, 0.29) is 0 Å². The first kappa shape index (κ1) is 34.5. The maximum atomic E-state index is 5.60. The minimum absolute atomic E-state index is 0.484. The molecule has 0 saturated heterocycles. The van der Waals surface area contributed by atoms with Crippen LogP contribution in [0.2, 0.25) is 0 Å². The Hall–Kier alpha value is -4.96. The third kappa shape index (κ3) is 7.56. The highest BCUT2D eigenvalue weighted by Crippen LogP contribution is 2.40. The SMILES string of the molecule is COc1ccc(CNc2nc3cc(CCC4CCC(n5ccc6c(NCc7ccc(OC)cc7OC)nccc65)C4)ccc3cc2Br)c(OC)c1. The highest BCUT2D eigenvalue weighted by atomic mass is 79.9. The van der Waals surface area contributed by atoms with Gasteiger partial charge in [0.15, 0.2) is 0 Å². The van der Waals surface area contributed by atoms with Crippen LogP contribution in [0.1, 0.15) is 48.4 Å². The number of aryl methyl sites for hydroxylation is 1. The lowest BCUT2D eigenvalue weighted by atomic mass is 9.97. The first-order valence-corrected chi connectivity index (χ1v) is 18.2. The smallest absolute Gasteiger partial charge is 0.141 e. The predicted octanol–water partition coefficient (Wildman–Crippen LogP) is 9.58. The second kappa shape index (κ2) is 15.5. The number of methoxy groups -OCH3 is 4. The largest absolute Gasteiger partial charge is 0.497 e. The summed E-state index contributed by atoms with van der Waals surface area (Å²) in [6.45, 7) is 1.19. The van der Waals surface area contributed by atoms with Gasteiger partial charge in [0.25, 0.3) is 0 Å². The summed E-state index contributed by atoms with van der Waals surface area (Å²) in [6, 6.07) is 25.4. The summed E-state index contributed by atoms with van der Waals surface area (Å²) in [5, 5.41) is 9.29. The molecular weight excluding hydrogens is 706 g/mol. The van der Waals surface area contributed by atoms with Crippen molar-refractivity contribution in [1.82, 2.24) is 14.5 Å². The topological polar surface area (TPSA) is 91.7 Å². The van der Waals surface area contributed by atoms with Gasteiger partial charge in [0, 0.05) is 65.6 Å². The molecule has 2 atom stereocenters. The number of hydrogen-bond donors (Lipinski definition) is 2. The number of nitrogens with one attached hydrogen (secondary N) is 2. The first-order chi connectivity index (χ1) is 25.0. The van der Waals surface area contributed by atoms with Gasteiger partial charge in [0.05, 0.1) is 43.9 Å². The summed E-state index contributed by atoms with van der Waals surface area (Å²) in [5.74, 6) is 5.48. The minimum atomic E-state index is 0.484. The number of hydrogen-bond acceptors (Lipinski definition) is 8. The van der Waals surface area contributed by atoms with E-state index in [4.69, 9.17) is 23.9 Å². The zero-order valence-electron chi connectivity index (χ0n) is 29.5. The molecule has 0 spiro atoms. The summed E-state index contributed by atoms with van der Waals surface area (Å²) >= 11 is 3.72. The zero-order chi connectivity index (χ0) is 35.3. The highest BCUT2D eigenvalue weighted by molar-refractivity contribution is 9.10. The van der Waals surface area contributed by atoms with Gasteiger partial charge in [-0.05, 0) is 108 Å². The van der Waals surface area contributed by atoms with Crippen molar-refractivity contribution >= 4 is 49.4 Å². The molecule has 0 aliphatic heterocycles. The van der Waals surface area contributed by atoms with Crippen molar-refractivity contribution in [1.29, 1.82) is 0 Å². The maximum Gasteiger partial charge on any atom is 0.141 e. The van der Waals surface area contributed by atoms with Crippen molar-refractivity contribution in [3.8, 4) is 23.0 Å². The molecule has 51 heavy (non-hydrogen) atoms. The van der Waals surface area contributed by atoms with Crippen LogP contribution in [0.5, 0.6) is 23.0 Å². The molecule has 1 saturated carbocycles. The molecule has 0 radical (unpaired) electrons. The fourth-order valence-corrected chi connectivity index (χ4v) is 7.78. The fourth-order valence-electron chi connectivity index (χ4n) is 7.30. The van der Waals surface area contributed by atoms with Gasteiger partial charge < -0.3 is 34.1 Å². The number of benzene rings is 3. The van der Waals surface area contributed by atoms with Crippen LogP contribution in [-0.2, 0) is 19.5 Å². The maximum absolute atomic E-state index is 5.60. The number of fused-ring (bicyclic) bond motifs is 2. The standard InChI is InChI=1S/C41H44BrN5O4/c1-48-32-13-10-29(38(22-32)50-3)24-44-40-34-16-18-47(37(34)15-17-43-40)31-12-8-26(19-31)5-6-27-7-9-28-21-35(42)41(46-36(28)20-27)45-25-30-11-14-33(49-2)23-39(30)51-4/h7,9-11,13-18,20-23,26,31H,5-6,8,12,19,24-25H2,1-4H3,(H,43,44)(H,45,46). The number of nitrogens with zero attached hydrogens (tertiary/aromatic N) is 3. The highest BCUT2D eigenvalue weighted by Gasteiger charge is 2.27. The average molecular weight is 751 g/mol. The predicted molar refractivity (Wildman–Crippen MR) is 208 cm³/mol. The molecule has 0 amide bonds. The third-order valence-corrected chi connectivity index (χ3v) is 10.7. The molecule has 3 heterocycles. The quantitative estimate of drug-likeness (QED) is 0.114. The van der Waals surface area contributed by atoms with Crippen LogP contribution in [-0.4, -0.2) is 43.0 Å². The van der Waals surface area contributed by atoms with E-state index in [9.17, 15) is 0 Å². The van der Waals surface area contributed by atoms with E-state index in [0.29, 0.717) is 25.0 Å². The monoisotopic (exact) mass is 749 g/mol. The Morgan fingerprint density at radius 3 is 2.16 bits per heavy atom. The molecule has 1 aliphatic rings. The third-order valence-electron chi connectivity index (χ3n) is 10.1. The van der Waals surface area contributed by atoms with Gasteiger partial charge in [-0.25, -0.2) is 9.97 Å². The second-order valence-corrected chi connectivity index (χ2v) is 13.9. The molecule has 3 aromatic carbocycles. The van der Waals surface area contributed by atoms with Crippen LogP contribution in [0, 0.1) is 5.92 Å². The van der Waals surface area contributed by atoms with E-state index in [1.165, 1.54) is 30.3 Å². The molecule has 2 N–H and O–H groups in total. The normalized spacial score (nSPS) is 15.6. The van der Waals surface area contributed by atoms with Gasteiger partial charge in [0.2, 0.25) is 0 Å². The number of pyridine rings is 2. The summed E-state index contributed by atoms with van der Waals surface area (Å²) in [5.41, 5.74) is 5.62. The molecule has 10 heteroatoms. The molecular formula is C41H44BrN5O4. The van der Waals surface area contributed by atoms with E-state index in [0.717, 1.165) is 79.4 Å². The van der Waals surface area contributed by atoms with Gasteiger partial charge in [-0.1, -0.05) is 12.1 Å². The van der Waals surface area contributed by atoms with Gasteiger partial charge in [0.1, 0.15) is 34.6 Å². The van der Waals surface area contributed by atoms with E-state index in [1.807, 2.05) is 42.6 Å². The molecule has 2 unspecified atom stereocenters. The fraction of sp³-hybridized carbons (Fsp3) is 0.317. The molecule has 0 bridgehead atoms. The Kier molecular flexibility index (Phi) is 10.5. The Morgan fingerprint density at radius 2 is 1.47 bits per heavy atom. The summed E-state index contributed by atoms with van der Waals surface area (Å²) in [6.07, 6.45) is 9.95. The Bertz CT molecular complexity index is 2150. The molecule has 7 rings (SSSR count). The van der Waals surface area contributed by atoms with Crippen LogP contribution in [0.15, 0.2) is 89.7 Å². The summed E-state index contributed by atoms with van der Waals surface area (Å²) < 4.78 is 25.3. The van der Waals surface area contributed by atoms with E-state index in [1.54, 1.807) is 28.4 Å². The first-order valence-electron chi connectivity index (χ1n) is 17.4. The Balaban J connectivity index is 0.978. The molecule has 264 valence electrons. The molecule has 6 aromatic rings. The number of anilines is 2. The van der Waals surface area contributed by atoms with Crippen LogP contribution in [0.4, 0.5) is 11.6 Å². The Morgan fingerprint density at radius 1 is 0.765 bits per heavy atom. The van der Waals surface area contributed by atoms with Gasteiger partial charge in [-0.3, -0.25) is 0 Å². The summed E-state index contributed by atoms with van der Waals surface area (Å²) in [4.78, 5) is 9.69. The van der Waals surface area contributed by atoms with Crippen molar-refractivity contribution in [2.24, 2.45) is 5.92 Å². The number of aromatic nitrogens is 3. The number of ether oxygens (including phenoxy) is 4. The minimum Gasteiger partial charge on any atom is -0.497 e. The van der Waals surface area contributed by atoms with Gasteiger partial charge >= 0.3 is 0 Å². The van der Waals surface area contributed by atoms with Crippen molar-refractivity contribution in [2.75, 3.05) is 39.1 Å². The van der Waals surface area contributed by atoms with Crippen molar-refractivity contribution < 1.29 is 18.9 Å². The van der Waals surface area contributed by atoms with E-state index < -0.39 is 0 Å². The van der Waals surface area contributed by atoms with Crippen molar-refractivity contribution in [3.63, 3.8) is 0 Å². The molecule has 1 fully saturated rings. The van der Waals surface area contributed by atoms with E-state index in [2.05, 4.69) is 78.7 Å². The average Bonchev–Trinajstić information content (AvgIpc) is 3.83. The van der Waals surface area contributed by atoms with Crippen LogP contribution in [0.3, 0.4) is 0 Å². The van der Waals surface area contributed by atoms with Crippen LogP contribution >= 0.6 is 15.9 Å².